The average Bonchev–Trinajstić information content (AvgIpc) is 2.61. The summed E-state index contributed by atoms with van der Waals surface area (Å²) in [5, 5.41) is 2.69. The third-order valence-electron chi connectivity index (χ3n) is 4.38. The summed E-state index contributed by atoms with van der Waals surface area (Å²) in [5.41, 5.74) is 6.34. The topological polar surface area (TPSA) is 102 Å². The molecule has 1 saturated heterocycles. The van der Waals surface area contributed by atoms with Crippen molar-refractivity contribution in [3.63, 3.8) is 0 Å². The number of rotatable bonds is 9. The summed E-state index contributed by atoms with van der Waals surface area (Å²) >= 11 is 0. The molecule has 1 aromatic rings. The lowest BCUT2D eigenvalue weighted by atomic mass is 10.1. The van der Waals surface area contributed by atoms with E-state index in [0.717, 1.165) is 31.6 Å². The average molecular weight is 384 g/mol. The molecule has 1 fully saturated rings. The standard InChI is InChI=1S/C18H29N3O4S/c1-26(23,24)14-9-17(19)18(22)20-15-5-7-16(8-6-15)25-13-12-21-10-3-2-4-11-21/h5-8,17H,2-4,9-14,19H2,1H3,(H,20,22). The number of likely N-dealkylation sites (tertiary alicyclic amines) is 1. The first-order valence-corrected chi connectivity index (χ1v) is 11.1. The summed E-state index contributed by atoms with van der Waals surface area (Å²) in [4.78, 5) is 14.4. The van der Waals surface area contributed by atoms with Crippen molar-refractivity contribution < 1.29 is 17.9 Å². The van der Waals surface area contributed by atoms with Gasteiger partial charge in [-0.15, -0.1) is 0 Å². The molecule has 8 heteroatoms. The molecule has 7 nitrogen and oxygen atoms in total. The molecule has 26 heavy (non-hydrogen) atoms. The van der Waals surface area contributed by atoms with Crippen LogP contribution in [0.3, 0.4) is 0 Å². The number of nitrogens with two attached hydrogens (primary N) is 1. The van der Waals surface area contributed by atoms with Gasteiger partial charge in [-0.05, 0) is 56.6 Å². The Balaban J connectivity index is 1.73. The van der Waals surface area contributed by atoms with Crippen LogP contribution in [-0.4, -0.2) is 63.5 Å². The van der Waals surface area contributed by atoms with E-state index >= 15 is 0 Å². The molecule has 0 bridgehead atoms. The van der Waals surface area contributed by atoms with Crippen LogP contribution in [-0.2, 0) is 14.6 Å². The summed E-state index contributed by atoms with van der Waals surface area (Å²) < 4.78 is 28.0. The SMILES string of the molecule is CS(=O)(=O)CCC(N)C(=O)Nc1ccc(OCCN2CCCCC2)cc1. The lowest BCUT2D eigenvalue weighted by Crippen LogP contribution is -2.37. The van der Waals surface area contributed by atoms with Gasteiger partial charge in [0.1, 0.15) is 22.2 Å². The predicted octanol–water partition coefficient (Wildman–Crippen LogP) is 1.25. The number of piperidine rings is 1. The van der Waals surface area contributed by atoms with Crippen LogP contribution in [0.25, 0.3) is 0 Å². The van der Waals surface area contributed by atoms with E-state index in [1.54, 1.807) is 24.3 Å². The number of hydrogen-bond acceptors (Lipinski definition) is 6. The zero-order valence-corrected chi connectivity index (χ0v) is 16.1. The molecule has 1 atom stereocenters. The second-order valence-corrected chi connectivity index (χ2v) is 9.05. The van der Waals surface area contributed by atoms with Gasteiger partial charge in [-0.2, -0.15) is 0 Å². The molecular weight excluding hydrogens is 354 g/mol. The van der Waals surface area contributed by atoms with E-state index in [4.69, 9.17) is 10.5 Å². The number of hydrogen-bond donors (Lipinski definition) is 2. The van der Waals surface area contributed by atoms with Crippen molar-refractivity contribution in [2.45, 2.75) is 31.7 Å². The number of sulfone groups is 1. The van der Waals surface area contributed by atoms with Gasteiger partial charge < -0.3 is 15.8 Å². The van der Waals surface area contributed by atoms with Crippen LogP contribution in [0.4, 0.5) is 5.69 Å². The summed E-state index contributed by atoms with van der Waals surface area (Å²) in [6, 6.07) is 6.24. The van der Waals surface area contributed by atoms with Crippen LogP contribution < -0.4 is 15.8 Å². The van der Waals surface area contributed by atoms with E-state index in [1.165, 1.54) is 19.3 Å². The highest BCUT2D eigenvalue weighted by molar-refractivity contribution is 7.90. The normalized spacial score (nSPS) is 16.8. The van der Waals surface area contributed by atoms with Crippen molar-refractivity contribution in [2.24, 2.45) is 5.73 Å². The first kappa shape index (κ1) is 20.7. The molecule has 146 valence electrons. The number of nitrogens with zero attached hydrogens (tertiary/aromatic N) is 1. The van der Waals surface area contributed by atoms with E-state index in [9.17, 15) is 13.2 Å². The first-order chi connectivity index (χ1) is 12.3. The van der Waals surface area contributed by atoms with Gasteiger partial charge in [-0.25, -0.2) is 8.42 Å². The molecule has 0 saturated carbocycles. The fraction of sp³-hybridized carbons (Fsp3) is 0.611. The van der Waals surface area contributed by atoms with Crippen LogP contribution >= 0.6 is 0 Å². The van der Waals surface area contributed by atoms with E-state index in [2.05, 4.69) is 10.2 Å². The summed E-state index contributed by atoms with van der Waals surface area (Å²) in [6.45, 7) is 3.86. The second-order valence-electron chi connectivity index (χ2n) is 6.79. The Morgan fingerprint density at radius 1 is 1.23 bits per heavy atom. The number of benzene rings is 1. The molecule has 0 spiro atoms. The molecule has 1 unspecified atom stereocenters. The smallest absolute Gasteiger partial charge is 0.241 e. The number of carbonyl (C=O) groups excluding carboxylic acids is 1. The highest BCUT2D eigenvalue weighted by Crippen LogP contribution is 2.16. The minimum atomic E-state index is -3.13. The molecule has 0 aliphatic carbocycles. The van der Waals surface area contributed by atoms with Crippen LogP contribution in [0.2, 0.25) is 0 Å². The maximum Gasteiger partial charge on any atom is 0.241 e. The predicted molar refractivity (Wildman–Crippen MR) is 103 cm³/mol. The van der Waals surface area contributed by atoms with Crippen molar-refractivity contribution in [1.29, 1.82) is 0 Å². The molecule has 1 aliphatic rings. The van der Waals surface area contributed by atoms with Crippen molar-refractivity contribution in [3.8, 4) is 5.75 Å². The number of nitrogens with one attached hydrogen (secondary N) is 1. The van der Waals surface area contributed by atoms with Gasteiger partial charge in [0, 0.05) is 18.5 Å². The van der Waals surface area contributed by atoms with Crippen LogP contribution in [0.1, 0.15) is 25.7 Å². The Morgan fingerprint density at radius 3 is 2.50 bits per heavy atom. The Kier molecular flexibility index (Phi) is 7.86. The first-order valence-electron chi connectivity index (χ1n) is 9.03. The van der Waals surface area contributed by atoms with Gasteiger partial charge in [0.05, 0.1) is 11.8 Å². The highest BCUT2D eigenvalue weighted by atomic mass is 32.2. The summed E-state index contributed by atoms with van der Waals surface area (Å²) in [5.74, 6) is 0.250. The quantitative estimate of drug-likeness (QED) is 0.665. The fourth-order valence-corrected chi connectivity index (χ4v) is 3.50. The Morgan fingerprint density at radius 2 is 1.88 bits per heavy atom. The third kappa shape index (κ3) is 7.72. The zero-order chi connectivity index (χ0) is 19.0. The van der Waals surface area contributed by atoms with Gasteiger partial charge in [-0.3, -0.25) is 9.69 Å². The van der Waals surface area contributed by atoms with E-state index < -0.39 is 21.8 Å². The lowest BCUT2D eigenvalue weighted by molar-refractivity contribution is -0.117. The molecule has 0 aromatic heterocycles. The van der Waals surface area contributed by atoms with E-state index in [0.29, 0.717) is 12.3 Å². The van der Waals surface area contributed by atoms with Crippen LogP contribution in [0, 0.1) is 0 Å². The van der Waals surface area contributed by atoms with Crippen molar-refractivity contribution >= 4 is 21.4 Å². The number of anilines is 1. The van der Waals surface area contributed by atoms with E-state index in [-0.39, 0.29) is 12.2 Å². The van der Waals surface area contributed by atoms with Crippen molar-refractivity contribution in [2.75, 3.05) is 43.6 Å². The van der Waals surface area contributed by atoms with Gasteiger partial charge in [0.25, 0.3) is 0 Å². The van der Waals surface area contributed by atoms with E-state index in [1.807, 2.05) is 0 Å². The second kappa shape index (κ2) is 9.89. The third-order valence-corrected chi connectivity index (χ3v) is 5.36. The van der Waals surface area contributed by atoms with Crippen molar-refractivity contribution in [3.05, 3.63) is 24.3 Å². The maximum absolute atomic E-state index is 12.0. The molecule has 1 heterocycles. The summed E-state index contributed by atoms with van der Waals surface area (Å²) in [6.07, 6.45) is 5.08. The molecule has 1 aromatic carbocycles. The molecule has 2 rings (SSSR count). The minimum absolute atomic E-state index is 0.0996. The number of ether oxygens (including phenoxy) is 1. The van der Waals surface area contributed by atoms with Gasteiger partial charge in [0.2, 0.25) is 5.91 Å². The zero-order valence-electron chi connectivity index (χ0n) is 15.3. The largest absolute Gasteiger partial charge is 0.492 e. The van der Waals surface area contributed by atoms with Crippen molar-refractivity contribution in [1.82, 2.24) is 4.90 Å². The Bertz CT molecular complexity index is 670. The van der Waals surface area contributed by atoms with Gasteiger partial charge >= 0.3 is 0 Å². The maximum atomic E-state index is 12.0. The van der Waals surface area contributed by atoms with Gasteiger partial charge in [-0.1, -0.05) is 6.42 Å². The van der Waals surface area contributed by atoms with Crippen LogP contribution in [0.5, 0.6) is 5.75 Å². The minimum Gasteiger partial charge on any atom is -0.492 e. The Hall–Kier alpha value is -1.64. The highest BCUT2D eigenvalue weighted by Gasteiger charge is 2.16. The van der Waals surface area contributed by atoms with Crippen LogP contribution in [0.15, 0.2) is 24.3 Å². The molecule has 1 amide bonds. The van der Waals surface area contributed by atoms with Gasteiger partial charge in [0.15, 0.2) is 0 Å². The number of carbonyl (C=O) groups is 1. The Labute approximate surface area is 155 Å². The molecule has 0 radical (unpaired) electrons. The monoisotopic (exact) mass is 383 g/mol. The molecule has 1 aliphatic heterocycles. The molecular formula is C18H29N3O4S. The fourth-order valence-electron chi connectivity index (χ4n) is 2.82. The lowest BCUT2D eigenvalue weighted by Gasteiger charge is -2.26. The number of amides is 1. The summed E-state index contributed by atoms with van der Waals surface area (Å²) in [7, 11) is -3.13. The molecule has 3 N–H and O–H groups in total.